The molecule has 6 nitrogen and oxygen atoms in total. The van der Waals surface area contributed by atoms with Crippen molar-refractivity contribution in [2.75, 3.05) is 0 Å². The second-order valence-electron chi connectivity index (χ2n) is 2.87. The van der Waals surface area contributed by atoms with Crippen LogP contribution in [0.15, 0.2) is 9.59 Å². The minimum Gasteiger partial charge on any atom is -0.355 e. The molecule has 0 aliphatic heterocycles. The van der Waals surface area contributed by atoms with E-state index in [0.717, 1.165) is 4.57 Å². The Bertz CT molecular complexity index is 626. The zero-order valence-electron chi connectivity index (χ0n) is 8.48. The molecule has 74 valence electrons. The number of hydrogen-bond donors (Lipinski definition) is 0. The second-order valence-corrected chi connectivity index (χ2v) is 3.21. The van der Waals surface area contributed by atoms with E-state index in [0.29, 0.717) is 0 Å². The van der Waals surface area contributed by atoms with Gasteiger partial charge in [0.1, 0.15) is 0 Å². The molecule has 2 heterocycles. The van der Waals surface area contributed by atoms with Crippen LogP contribution in [0.1, 0.15) is 0 Å². The monoisotopic (exact) mass is 252 g/mol. The van der Waals surface area contributed by atoms with Crippen LogP contribution in [0.25, 0.3) is 11.2 Å². The predicted molar refractivity (Wildman–Crippen MR) is 50.6 cm³/mol. The molecule has 0 aliphatic rings. The van der Waals surface area contributed by atoms with E-state index in [4.69, 9.17) is 11.6 Å². The molecular formula is C7H6ClKN4O2. The number of aromatic nitrogens is 4. The fraction of sp³-hybridized carbons (Fsp3) is 0.286. The average molecular weight is 253 g/mol. The van der Waals surface area contributed by atoms with Gasteiger partial charge in [-0.2, -0.15) is 0 Å². The molecule has 15 heavy (non-hydrogen) atoms. The van der Waals surface area contributed by atoms with Crippen LogP contribution in [-0.2, 0) is 14.1 Å². The molecule has 0 atom stereocenters. The summed E-state index contributed by atoms with van der Waals surface area (Å²) in [5.74, 6) is 0. The topological polar surface area (TPSA) is 71.0 Å². The van der Waals surface area contributed by atoms with Crippen molar-refractivity contribution in [3.63, 3.8) is 0 Å². The van der Waals surface area contributed by atoms with Gasteiger partial charge >= 0.3 is 51.4 Å². The predicted octanol–water partition coefficient (Wildman–Crippen LogP) is -3.75. The summed E-state index contributed by atoms with van der Waals surface area (Å²) < 4.78 is 2.20. The molecule has 0 saturated carbocycles. The molecule has 0 saturated heterocycles. The van der Waals surface area contributed by atoms with E-state index in [-0.39, 0.29) is 67.8 Å². The Hall–Kier alpha value is 0.0764. The van der Waals surface area contributed by atoms with Crippen molar-refractivity contribution in [1.29, 1.82) is 0 Å². The van der Waals surface area contributed by atoms with Gasteiger partial charge in [-0.05, 0) is 7.05 Å². The van der Waals surface area contributed by atoms with E-state index in [1.165, 1.54) is 18.7 Å². The summed E-state index contributed by atoms with van der Waals surface area (Å²) >= 11 is 5.55. The first-order valence-electron chi connectivity index (χ1n) is 3.78. The third-order valence-electron chi connectivity index (χ3n) is 2.01. The number of hydrogen-bond acceptors (Lipinski definition) is 3. The summed E-state index contributed by atoms with van der Waals surface area (Å²) in [6.07, 6.45) is 0. The molecule has 0 radical (unpaired) electrons. The summed E-state index contributed by atoms with van der Waals surface area (Å²) in [4.78, 5) is 30.4. The standard InChI is InChI=1S/C7H7ClN4O2.K/c1-11-4-3(9-6(8)10-4)5(13)12(2)7(11)14;/h1-2H3,(H,9,10,13);/q;+1/p-1. The van der Waals surface area contributed by atoms with Gasteiger partial charge < -0.3 is 14.5 Å². The Balaban J connectivity index is 0.00000112. The molecule has 0 aromatic carbocycles. The maximum absolute atomic E-state index is 11.5. The Morgan fingerprint density at radius 1 is 1.27 bits per heavy atom. The minimum atomic E-state index is -0.484. The number of imidazole rings is 1. The fourth-order valence-corrected chi connectivity index (χ4v) is 1.41. The zero-order valence-corrected chi connectivity index (χ0v) is 12.4. The summed E-state index contributed by atoms with van der Waals surface area (Å²) in [6.45, 7) is 0. The number of rotatable bonds is 0. The van der Waals surface area contributed by atoms with Gasteiger partial charge in [0.2, 0.25) is 0 Å². The molecule has 2 aromatic rings. The molecule has 0 spiro atoms. The number of nitrogens with zero attached hydrogens (tertiary/aromatic N) is 4. The molecular weight excluding hydrogens is 247 g/mol. The van der Waals surface area contributed by atoms with Gasteiger partial charge in [-0.15, -0.1) is 0 Å². The van der Waals surface area contributed by atoms with Crippen LogP contribution in [0.5, 0.6) is 0 Å². The molecule has 0 N–H and O–H groups in total. The van der Waals surface area contributed by atoms with Gasteiger partial charge in [0.25, 0.3) is 11.2 Å². The first-order valence-corrected chi connectivity index (χ1v) is 4.16. The molecule has 2 aromatic heterocycles. The van der Waals surface area contributed by atoms with Gasteiger partial charge in [0, 0.05) is 12.7 Å². The van der Waals surface area contributed by atoms with Crippen molar-refractivity contribution in [3.05, 3.63) is 26.1 Å². The maximum atomic E-state index is 11.5. The molecule has 2 rings (SSSR count). The van der Waals surface area contributed by atoms with Crippen molar-refractivity contribution in [2.24, 2.45) is 14.1 Å². The van der Waals surface area contributed by atoms with Gasteiger partial charge in [0.05, 0.1) is 10.8 Å². The number of halogens is 1. The van der Waals surface area contributed by atoms with Crippen LogP contribution in [-0.4, -0.2) is 14.1 Å². The van der Waals surface area contributed by atoms with Gasteiger partial charge in [-0.3, -0.25) is 14.2 Å². The normalized spacial score (nSPS) is 10.3. The van der Waals surface area contributed by atoms with Crippen molar-refractivity contribution in [3.8, 4) is 0 Å². The van der Waals surface area contributed by atoms with Crippen molar-refractivity contribution >= 4 is 22.8 Å². The second kappa shape index (κ2) is 4.52. The third kappa shape index (κ3) is 2.00. The minimum absolute atomic E-state index is 0. The van der Waals surface area contributed by atoms with Crippen LogP contribution in [0.4, 0.5) is 0 Å². The van der Waals surface area contributed by atoms with E-state index in [1.54, 1.807) is 0 Å². The van der Waals surface area contributed by atoms with Crippen molar-refractivity contribution in [2.45, 2.75) is 0 Å². The summed E-state index contributed by atoms with van der Waals surface area (Å²) in [6, 6.07) is 0. The van der Waals surface area contributed by atoms with Crippen molar-refractivity contribution < 1.29 is 51.4 Å². The Kier molecular flexibility index (Phi) is 3.96. The van der Waals surface area contributed by atoms with E-state index >= 15 is 0 Å². The Morgan fingerprint density at radius 2 is 1.87 bits per heavy atom. The van der Waals surface area contributed by atoms with E-state index in [1.807, 2.05) is 0 Å². The maximum Gasteiger partial charge on any atom is 1.00 e. The molecule has 0 bridgehead atoms. The summed E-state index contributed by atoms with van der Waals surface area (Å²) in [5, 5.41) is -0.0294. The SMILES string of the molecule is Cn1c(=O)c2nc(Cl)[n-]c2n(C)c1=O.[K+]. The fourth-order valence-electron chi connectivity index (χ4n) is 1.25. The van der Waals surface area contributed by atoms with Gasteiger partial charge in [0.15, 0.2) is 0 Å². The third-order valence-corrected chi connectivity index (χ3v) is 2.18. The van der Waals surface area contributed by atoms with Gasteiger partial charge in [-0.1, -0.05) is 11.6 Å². The van der Waals surface area contributed by atoms with Crippen LogP contribution in [0.3, 0.4) is 0 Å². The molecule has 0 amide bonds. The van der Waals surface area contributed by atoms with Gasteiger partial charge in [-0.25, -0.2) is 0 Å². The van der Waals surface area contributed by atoms with E-state index < -0.39 is 11.2 Å². The van der Waals surface area contributed by atoms with Crippen LogP contribution in [0.2, 0.25) is 5.28 Å². The van der Waals surface area contributed by atoms with Crippen LogP contribution >= 0.6 is 11.6 Å². The quantitative estimate of drug-likeness (QED) is 0.357. The molecule has 0 fully saturated rings. The Morgan fingerprint density at radius 3 is 2.47 bits per heavy atom. The molecule has 0 aliphatic carbocycles. The summed E-state index contributed by atoms with van der Waals surface area (Å²) in [7, 11) is 2.89. The van der Waals surface area contributed by atoms with E-state index in [9.17, 15) is 9.59 Å². The Labute approximate surface area is 132 Å². The average Bonchev–Trinajstić information content (AvgIpc) is 2.54. The molecule has 0 unspecified atom stereocenters. The van der Waals surface area contributed by atoms with Crippen LogP contribution < -0.4 is 67.6 Å². The first kappa shape index (κ1) is 13.1. The zero-order chi connectivity index (χ0) is 10.5. The number of fused-ring (bicyclic) bond motifs is 1. The first-order chi connectivity index (χ1) is 6.52. The largest absolute Gasteiger partial charge is 1.00 e. The smallest absolute Gasteiger partial charge is 0.355 e. The van der Waals surface area contributed by atoms with E-state index in [2.05, 4.69) is 9.97 Å². The van der Waals surface area contributed by atoms with Crippen LogP contribution in [0, 0.1) is 0 Å². The number of aryl methyl sites for hydroxylation is 1. The van der Waals surface area contributed by atoms with Crippen molar-refractivity contribution in [1.82, 2.24) is 19.1 Å². The summed E-state index contributed by atoms with van der Waals surface area (Å²) in [5.41, 5.74) is -0.607. The molecule has 8 heteroatoms.